The van der Waals surface area contributed by atoms with Crippen LogP contribution in [-0.4, -0.2) is 60.5 Å². The zero-order valence-electron chi connectivity index (χ0n) is 16.1. The predicted octanol–water partition coefficient (Wildman–Crippen LogP) is 2.65. The Morgan fingerprint density at radius 3 is 2.71 bits per heavy atom. The fourth-order valence-electron chi connectivity index (χ4n) is 3.87. The van der Waals surface area contributed by atoms with Crippen LogP contribution < -0.4 is 0 Å². The second-order valence-electron chi connectivity index (χ2n) is 7.69. The van der Waals surface area contributed by atoms with Gasteiger partial charge in [-0.25, -0.2) is 9.37 Å². The number of likely N-dealkylation sites (tertiary alicyclic amines) is 1. The van der Waals surface area contributed by atoms with Gasteiger partial charge in [-0.2, -0.15) is 0 Å². The molecule has 2 aliphatic heterocycles. The van der Waals surface area contributed by atoms with Crippen molar-refractivity contribution in [1.82, 2.24) is 14.8 Å². The maximum atomic E-state index is 13.0. The first-order valence-corrected chi connectivity index (χ1v) is 9.86. The van der Waals surface area contributed by atoms with Gasteiger partial charge < -0.3 is 19.0 Å². The molecule has 1 atom stereocenters. The lowest BCUT2D eigenvalue weighted by molar-refractivity contribution is -0.145. The van der Waals surface area contributed by atoms with Crippen molar-refractivity contribution in [3.05, 3.63) is 53.5 Å². The molecule has 0 saturated carbocycles. The van der Waals surface area contributed by atoms with Crippen molar-refractivity contribution in [1.29, 1.82) is 0 Å². The third kappa shape index (κ3) is 4.42. The summed E-state index contributed by atoms with van der Waals surface area (Å²) in [6.45, 7) is 3.51. The lowest BCUT2D eigenvalue weighted by Crippen LogP contribution is -2.47. The number of carbonyl (C=O) groups is 1. The molecular formula is C21H26FN3O3. The smallest absolute Gasteiger partial charge is 0.225 e. The summed E-state index contributed by atoms with van der Waals surface area (Å²) in [4.78, 5) is 21.4. The third-order valence-corrected chi connectivity index (χ3v) is 5.58. The summed E-state index contributed by atoms with van der Waals surface area (Å²) in [6.07, 6.45) is 3.71. The Morgan fingerprint density at radius 1 is 1.21 bits per heavy atom. The maximum Gasteiger partial charge on any atom is 0.225 e. The number of piperidine rings is 1. The number of carbonyl (C=O) groups excluding carboxylic acids is 1. The van der Waals surface area contributed by atoms with Crippen LogP contribution in [0.15, 0.2) is 34.9 Å². The number of morpholine rings is 1. The zero-order valence-corrected chi connectivity index (χ0v) is 16.1. The number of amides is 1. The molecule has 1 amide bonds. The number of rotatable bonds is 4. The van der Waals surface area contributed by atoms with Gasteiger partial charge in [-0.1, -0.05) is 12.1 Å². The van der Waals surface area contributed by atoms with E-state index in [0.29, 0.717) is 37.8 Å². The van der Waals surface area contributed by atoms with Gasteiger partial charge in [0.1, 0.15) is 11.6 Å². The van der Waals surface area contributed by atoms with E-state index in [2.05, 4.69) is 16.9 Å². The van der Waals surface area contributed by atoms with Crippen LogP contribution >= 0.6 is 0 Å². The van der Waals surface area contributed by atoms with E-state index in [1.807, 2.05) is 4.90 Å². The number of hydrogen-bond acceptors (Lipinski definition) is 5. The van der Waals surface area contributed by atoms with Crippen molar-refractivity contribution in [3.8, 4) is 0 Å². The van der Waals surface area contributed by atoms with Crippen LogP contribution in [0.5, 0.6) is 0 Å². The topological polar surface area (TPSA) is 58.8 Å². The first kappa shape index (κ1) is 19.1. The lowest BCUT2D eigenvalue weighted by atomic mass is 9.95. The van der Waals surface area contributed by atoms with E-state index in [1.165, 1.54) is 12.1 Å². The van der Waals surface area contributed by atoms with Gasteiger partial charge in [-0.05, 0) is 50.7 Å². The van der Waals surface area contributed by atoms with Crippen LogP contribution in [0.4, 0.5) is 4.39 Å². The van der Waals surface area contributed by atoms with Crippen molar-refractivity contribution >= 4 is 5.91 Å². The van der Waals surface area contributed by atoms with E-state index in [0.717, 1.165) is 31.5 Å². The monoisotopic (exact) mass is 387 g/mol. The molecule has 0 radical (unpaired) electrons. The summed E-state index contributed by atoms with van der Waals surface area (Å²) >= 11 is 0. The first-order valence-electron chi connectivity index (χ1n) is 9.86. The Balaban J connectivity index is 1.37. The second-order valence-corrected chi connectivity index (χ2v) is 7.69. The fraction of sp³-hybridized carbons (Fsp3) is 0.524. The van der Waals surface area contributed by atoms with E-state index in [-0.39, 0.29) is 23.7 Å². The minimum Gasteiger partial charge on any atom is -0.442 e. The number of hydrogen-bond donors (Lipinski definition) is 0. The summed E-state index contributed by atoms with van der Waals surface area (Å²) in [5, 5.41) is 0. The molecule has 0 bridgehead atoms. The van der Waals surface area contributed by atoms with E-state index in [4.69, 9.17) is 9.15 Å². The number of benzene rings is 1. The molecule has 2 saturated heterocycles. The van der Waals surface area contributed by atoms with Gasteiger partial charge in [0, 0.05) is 18.9 Å². The fourth-order valence-corrected chi connectivity index (χ4v) is 3.87. The minimum absolute atomic E-state index is 0.105. The molecule has 0 aliphatic carbocycles. The van der Waals surface area contributed by atoms with Crippen molar-refractivity contribution in [2.24, 2.45) is 5.92 Å². The van der Waals surface area contributed by atoms with Gasteiger partial charge >= 0.3 is 0 Å². The highest BCUT2D eigenvalue weighted by Gasteiger charge is 2.33. The SMILES string of the molecule is CN1CCC(C(=O)N2CCO[C@H](c3ncc(Cc4ccc(F)cc4)o3)C2)CC1. The molecule has 3 heterocycles. The van der Waals surface area contributed by atoms with Crippen LogP contribution in [0.2, 0.25) is 0 Å². The summed E-state index contributed by atoms with van der Waals surface area (Å²) in [5.41, 5.74) is 0.952. The van der Waals surface area contributed by atoms with E-state index in [9.17, 15) is 9.18 Å². The molecule has 6 nitrogen and oxygen atoms in total. The van der Waals surface area contributed by atoms with Crippen LogP contribution in [0, 0.1) is 11.7 Å². The minimum atomic E-state index is -0.342. The predicted molar refractivity (Wildman–Crippen MR) is 101 cm³/mol. The average Bonchev–Trinajstić information content (AvgIpc) is 3.18. The van der Waals surface area contributed by atoms with Crippen LogP contribution in [0.25, 0.3) is 0 Å². The third-order valence-electron chi connectivity index (χ3n) is 5.58. The molecule has 2 aromatic rings. The molecule has 1 aromatic carbocycles. The molecule has 0 unspecified atom stereocenters. The molecular weight excluding hydrogens is 361 g/mol. The van der Waals surface area contributed by atoms with Crippen LogP contribution in [-0.2, 0) is 16.0 Å². The quantitative estimate of drug-likeness (QED) is 0.807. The van der Waals surface area contributed by atoms with Gasteiger partial charge in [-0.3, -0.25) is 4.79 Å². The molecule has 1 aromatic heterocycles. The van der Waals surface area contributed by atoms with Gasteiger partial charge in [0.25, 0.3) is 0 Å². The lowest BCUT2D eigenvalue weighted by Gasteiger charge is -2.36. The van der Waals surface area contributed by atoms with Gasteiger partial charge in [0.2, 0.25) is 11.8 Å². The van der Waals surface area contributed by atoms with Crippen molar-refractivity contribution in [3.63, 3.8) is 0 Å². The zero-order chi connectivity index (χ0) is 19.5. The molecule has 0 spiro atoms. The Hall–Kier alpha value is -2.25. The van der Waals surface area contributed by atoms with Gasteiger partial charge in [0.15, 0.2) is 6.10 Å². The van der Waals surface area contributed by atoms with E-state index < -0.39 is 0 Å². The number of oxazole rings is 1. The van der Waals surface area contributed by atoms with Gasteiger partial charge in [-0.15, -0.1) is 0 Å². The number of nitrogens with zero attached hydrogens (tertiary/aromatic N) is 3. The molecule has 2 fully saturated rings. The Bertz CT molecular complexity index is 799. The summed E-state index contributed by atoms with van der Waals surface area (Å²) in [7, 11) is 2.09. The van der Waals surface area contributed by atoms with Crippen molar-refractivity contribution in [2.45, 2.75) is 25.4 Å². The van der Waals surface area contributed by atoms with E-state index in [1.54, 1.807) is 18.3 Å². The summed E-state index contributed by atoms with van der Waals surface area (Å²) in [5.74, 6) is 1.27. The van der Waals surface area contributed by atoms with Gasteiger partial charge in [0.05, 0.1) is 19.3 Å². The van der Waals surface area contributed by atoms with Crippen LogP contribution in [0.1, 0.15) is 36.2 Å². The molecule has 7 heteroatoms. The highest BCUT2D eigenvalue weighted by molar-refractivity contribution is 5.79. The standard InChI is InChI=1S/C21H26FN3O3/c1-24-8-6-16(7-9-24)21(26)25-10-11-27-19(14-25)20-23-13-18(28-20)12-15-2-4-17(22)5-3-15/h2-5,13,16,19H,6-12,14H2,1H3/t19-/m0/s1. The molecule has 0 N–H and O–H groups in total. The Kier molecular flexibility index (Phi) is 5.73. The maximum absolute atomic E-state index is 13.0. The number of aromatic nitrogens is 1. The highest BCUT2D eigenvalue weighted by atomic mass is 19.1. The Labute approximate surface area is 164 Å². The highest BCUT2D eigenvalue weighted by Crippen LogP contribution is 2.26. The van der Waals surface area contributed by atoms with Crippen molar-refractivity contribution < 1.29 is 18.3 Å². The largest absolute Gasteiger partial charge is 0.442 e. The molecule has 2 aliphatic rings. The first-order chi connectivity index (χ1) is 13.6. The van der Waals surface area contributed by atoms with Crippen molar-refractivity contribution in [2.75, 3.05) is 39.8 Å². The van der Waals surface area contributed by atoms with Crippen LogP contribution in [0.3, 0.4) is 0 Å². The summed E-state index contributed by atoms with van der Waals surface area (Å²) < 4.78 is 24.7. The molecule has 150 valence electrons. The van der Waals surface area contributed by atoms with E-state index >= 15 is 0 Å². The summed E-state index contributed by atoms with van der Waals surface area (Å²) in [6, 6.07) is 6.33. The normalized spacial score (nSPS) is 21.8. The molecule has 28 heavy (non-hydrogen) atoms. The number of halogens is 1. The number of ether oxygens (including phenoxy) is 1. The molecule has 4 rings (SSSR count). The average molecular weight is 387 g/mol. The second kappa shape index (κ2) is 8.41. The Morgan fingerprint density at radius 2 is 1.96 bits per heavy atom.